The van der Waals surface area contributed by atoms with Crippen LogP contribution in [-0.4, -0.2) is 0 Å². The molecule has 0 heterocycles. The van der Waals surface area contributed by atoms with Crippen LogP contribution in [0.5, 0.6) is 0 Å². The van der Waals surface area contributed by atoms with Crippen LogP contribution in [0.2, 0.25) is 0 Å². The van der Waals surface area contributed by atoms with Gasteiger partial charge in [-0.15, -0.1) is 0 Å². The molecule has 32 valence electrons. The predicted molar refractivity (Wildman–Crippen MR) is 4.45 cm³/mol. The monoisotopic (exact) mass is 116 g/mol. The molecular formula is H4O4Ti. The van der Waals surface area contributed by atoms with Gasteiger partial charge in [0.2, 0.25) is 0 Å². The van der Waals surface area contributed by atoms with Crippen molar-refractivity contribution >= 4 is 0 Å². The number of hydrogen-bond acceptors (Lipinski definition) is 4. The number of rotatable bonds is 0. The minimum absolute atomic E-state index is 0. The molecule has 0 spiro atoms. The second kappa shape index (κ2) is 1.34. The van der Waals surface area contributed by atoms with E-state index in [-0.39, 0.29) is 5.71 Å². The number of hydrogen-bond donors (Lipinski definition) is 0. The van der Waals surface area contributed by atoms with Gasteiger partial charge >= 0.3 is 38.6 Å². The molecule has 0 aromatic carbocycles. The zero-order valence-electron chi connectivity index (χ0n) is 6.13. The van der Waals surface area contributed by atoms with E-state index in [9.17, 15) is 0 Å². The van der Waals surface area contributed by atoms with Crippen LogP contribution in [-0.2, 0) is 18.1 Å². The first-order chi connectivity index (χ1) is 2.00. The Bertz CT molecular complexity index is 28.0. The van der Waals surface area contributed by atoms with E-state index in [1.165, 1.54) is 0 Å². The molecular weight excluding hydrogens is 112 g/mol. The third kappa shape index (κ3) is 96.7. The summed E-state index contributed by atoms with van der Waals surface area (Å²) in [6, 6.07) is 0. The first-order valence-corrected chi connectivity index (χ1v) is 3.37. The molecule has 0 unspecified atom stereocenters. The maximum absolute atomic E-state index is 8.62. The third-order valence-corrected chi connectivity index (χ3v) is 0. The Morgan fingerprint density at radius 3 is 1.00 bits per heavy atom. The van der Waals surface area contributed by atoms with E-state index in [2.05, 4.69) is 0 Å². The molecule has 0 rings (SSSR count). The molecule has 0 saturated carbocycles. The molecule has 0 amide bonds. The van der Waals surface area contributed by atoms with Crippen molar-refractivity contribution in [1.29, 1.82) is 0 Å². The van der Waals surface area contributed by atoms with Crippen molar-refractivity contribution in [3.63, 3.8) is 0 Å². The molecule has 0 saturated heterocycles. The van der Waals surface area contributed by atoms with E-state index in [4.69, 9.17) is 14.8 Å². The Morgan fingerprint density at radius 1 is 1.00 bits per heavy atom. The summed E-state index contributed by atoms with van der Waals surface area (Å²) in [5.41, 5.74) is 0. The van der Waals surface area contributed by atoms with Crippen LogP contribution in [0.15, 0.2) is 0 Å². The predicted octanol–water partition coefficient (Wildman–Crippen LogP) is -4.31. The van der Waals surface area contributed by atoms with Gasteiger partial charge in [-0.2, -0.15) is 0 Å². The fourth-order valence-corrected chi connectivity index (χ4v) is 0. The SMILES string of the molecule is [H+].[H+].[H+].[H+].[O-][Ti]([O-])([O-])[O-]. The Morgan fingerprint density at radius 2 is 1.00 bits per heavy atom. The summed E-state index contributed by atoms with van der Waals surface area (Å²) >= 11 is -6.00. The Labute approximate surface area is 39.5 Å². The molecule has 4 nitrogen and oxygen atoms in total. The van der Waals surface area contributed by atoms with Crippen LogP contribution in [0.25, 0.3) is 0 Å². The average molecular weight is 116 g/mol. The summed E-state index contributed by atoms with van der Waals surface area (Å²) in [5.74, 6) is 0. The van der Waals surface area contributed by atoms with Gasteiger partial charge in [0, 0.05) is 0 Å². The van der Waals surface area contributed by atoms with Gasteiger partial charge in [-0.05, 0) is 0 Å². The van der Waals surface area contributed by atoms with Gasteiger partial charge in [-0.3, -0.25) is 0 Å². The van der Waals surface area contributed by atoms with Crippen molar-refractivity contribution in [1.82, 2.24) is 0 Å². The van der Waals surface area contributed by atoms with E-state index in [1.807, 2.05) is 0 Å². The second-order valence-corrected chi connectivity index (χ2v) is 2.06. The van der Waals surface area contributed by atoms with Gasteiger partial charge in [0.1, 0.15) is 0 Å². The maximum atomic E-state index is 8.62. The van der Waals surface area contributed by atoms with Crippen molar-refractivity contribution in [2.24, 2.45) is 0 Å². The second-order valence-electron chi connectivity index (χ2n) is 0.500. The molecule has 0 aliphatic heterocycles. The molecule has 5 heavy (non-hydrogen) atoms. The molecule has 0 N–H and O–H groups in total. The van der Waals surface area contributed by atoms with Crippen LogP contribution in [0.4, 0.5) is 0 Å². The van der Waals surface area contributed by atoms with E-state index in [1.54, 1.807) is 0 Å². The third-order valence-electron chi connectivity index (χ3n) is 0. The molecule has 0 radical (unpaired) electrons. The Kier molecular flexibility index (Phi) is 1.49. The Hall–Kier alpha value is 0.554. The molecule has 0 aromatic heterocycles. The molecule has 5 heteroatoms. The summed E-state index contributed by atoms with van der Waals surface area (Å²) in [4.78, 5) is 0. The van der Waals surface area contributed by atoms with E-state index in [0.29, 0.717) is 0 Å². The van der Waals surface area contributed by atoms with E-state index in [0.717, 1.165) is 0 Å². The molecule has 0 bridgehead atoms. The zero-order chi connectivity index (χ0) is 4.50. The van der Waals surface area contributed by atoms with Crippen molar-refractivity contribution in [2.45, 2.75) is 0 Å². The van der Waals surface area contributed by atoms with Crippen LogP contribution in [0.1, 0.15) is 5.71 Å². The zero-order valence-corrected chi connectivity index (χ0v) is 3.69. The summed E-state index contributed by atoms with van der Waals surface area (Å²) in [5, 5.41) is 0. The van der Waals surface area contributed by atoms with Crippen LogP contribution >= 0.6 is 0 Å². The van der Waals surface area contributed by atoms with Gasteiger partial charge < -0.3 is 0 Å². The average Bonchev–Trinajstić information content (AvgIpc) is 0.722. The molecule has 0 fully saturated rings. The van der Waals surface area contributed by atoms with Crippen molar-refractivity contribution in [3.05, 3.63) is 0 Å². The Balaban J connectivity index is -0.0000000133. The van der Waals surface area contributed by atoms with Crippen molar-refractivity contribution in [3.8, 4) is 0 Å². The first-order valence-electron chi connectivity index (χ1n) is 0.816. The van der Waals surface area contributed by atoms with Gasteiger partial charge in [0.05, 0.1) is 0 Å². The van der Waals surface area contributed by atoms with Crippen molar-refractivity contribution < 1.29 is 38.6 Å². The normalized spacial score (nSPS) is 12.0. The summed E-state index contributed by atoms with van der Waals surface area (Å²) in [6.07, 6.45) is 0. The summed E-state index contributed by atoms with van der Waals surface area (Å²) < 4.78 is 34.5. The van der Waals surface area contributed by atoms with E-state index >= 15 is 0 Å². The van der Waals surface area contributed by atoms with Crippen LogP contribution in [0.3, 0.4) is 0 Å². The van der Waals surface area contributed by atoms with Crippen LogP contribution in [0, 0.1) is 0 Å². The van der Waals surface area contributed by atoms with Gasteiger partial charge in [-0.1, -0.05) is 0 Å². The summed E-state index contributed by atoms with van der Waals surface area (Å²) in [7, 11) is 0. The van der Waals surface area contributed by atoms with Gasteiger partial charge in [0.25, 0.3) is 0 Å². The van der Waals surface area contributed by atoms with Gasteiger partial charge in [0.15, 0.2) is 0 Å². The summed E-state index contributed by atoms with van der Waals surface area (Å²) in [6.45, 7) is 0. The fourth-order valence-electron chi connectivity index (χ4n) is 0. The standard InChI is InChI=1S/4O.Ti/q4*-1;/p+4. The molecule has 0 atom stereocenters. The minimum atomic E-state index is -6.00. The quantitative estimate of drug-likeness (QED) is 0.299. The van der Waals surface area contributed by atoms with Crippen molar-refractivity contribution in [2.75, 3.05) is 0 Å². The first kappa shape index (κ1) is 5.55. The molecule has 0 aliphatic carbocycles. The molecule has 0 aromatic rings. The van der Waals surface area contributed by atoms with Crippen LogP contribution < -0.4 is 14.8 Å². The topological polar surface area (TPSA) is 92.2 Å². The molecule has 0 aliphatic rings. The fraction of sp³-hybridized carbons (Fsp3) is 0. The van der Waals surface area contributed by atoms with E-state index < -0.39 is 18.1 Å². The van der Waals surface area contributed by atoms with Gasteiger partial charge in [-0.25, -0.2) is 0 Å².